The molecular formula is C17H20FN3O2S. The van der Waals surface area contributed by atoms with Crippen LogP contribution in [0.1, 0.15) is 18.4 Å². The van der Waals surface area contributed by atoms with Gasteiger partial charge in [-0.2, -0.15) is 0 Å². The lowest BCUT2D eigenvalue weighted by Gasteiger charge is -2.32. The predicted octanol–water partition coefficient (Wildman–Crippen LogP) is 2.16. The normalized spacial score (nSPS) is 19.3. The molecule has 1 aliphatic heterocycles. The second-order valence-corrected chi connectivity index (χ2v) is 7.73. The molecule has 2 heterocycles. The molecule has 5 nitrogen and oxygen atoms in total. The first-order valence-electron chi connectivity index (χ1n) is 7.92. The largest absolute Gasteiger partial charge is 0.297 e. The standard InChI is InChI=1S/C17H20FN3O2S/c18-15-5-1-7-17(10-15)24(22,23)20-16-6-3-9-21(13-16)12-14-4-2-8-19-11-14/h1-2,4-5,7-8,10-11,16,20H,3,6,9,12-13H2/t16-/m0/s1. The molecular weight excluding hydrogens is 329 g/mol. The maximum atomic E-state index is 13.3. The highest BCUT2D eigenvalue weighted by atomic mass is 32.2. The van der Waals surface area contributed by atoms with Crippen molar-refractivity contribution in [1.29, 1.82) is 0 Å². The molecule has 128 valence electrons. The van der Waals surface area contributed by atoms with Gasteiger partial charge in [-0.25, -0.2) is 17.5 Å². The lowest BCUT2D eigenvalue weighted by Crippen LogP contribution is -2.47. The summed E-state index contributed by atoms with van der Waals surface area (Å²) in [5, 5.41) is 0. The Morgan fingerprint density at radius 1 is 1.29 bits per heavy atom. The van der Waals surface area contributed by atoms with E-state index in [0.717, 1.165) is 37.6 Å². The van der Waals surface area contributed by atoms with E-state index in [9.17, 15) is 12.8 Å². The van der Waals surface area contributed by atoms with E-state index in [1.807, 2.05) is 18.3 Å². The fourth-order valence-corrected chi connectivity index (χ4v) is 4.26. The number of benzene rings is 1. The summed E-state index contributed by atoms with van der Waals surface area (Å²) >= 11 is 0. The summed E-state index contributed by atoms with van der Waals surface area (Å²) in [4.78, 5) is 6.28. The van der Waals surface area contributed by atoms with Gasteiger partial charge in [0.15, 0.2) is 0 Å². The maximum Gasteiger partial charge on any atom is 0.240 e. The molecule has 1 aliphatic rings. The second kappa shape index (κ2) is 7.38. The molecule has 1 saturated heterocycles. The van der Waals surface area contributed by atoms with Crippen LogP contribution in [0, 0.1) is 5.82 Å². The van der Waals surface area contributed by atoms with Crippen LogP contribution in [-0.2, 0) is 16.6 Å². The molecule has 1 atom stereocenters. The number of hydrogen-bond donors (Lipinski definition) is 1. The molecule has 2 aromatic rings. The Bertz CT molecular complexity index is 783. The van der Waals surface area contributed by atoms with Crippen molar-refractivity contribution in [2.75, 3.05) is 13.1 Å². The van der Waals surface area contributed by atoms with Gasteiger partial charge in [-0.3, -0.25) is 9.88 Å². The Balaban J connectivity index is 1.64. The van der Waals surface area contributed by atoms with Gasteiger partial charge >= 0.3 is 0 Å². The molecule has 0 saturated carbocycles. The van der Waals surface area contributed by atoms with Crippen LogP contribution in [0.4, 0.5) is 4.39 Å². The van der Waals surface area contributed by atoms with E-state index >= 15 is 0 Å². The third kappa shape index (κ3) is 4.37. The van der Waals surface area contributed by atoms with E-state index in [0.29, 0.717) is 6.54 Å². The molecule has 0 aliphatic carbocycles. The number of pyridine rings is 1. The molecule has 1 N–H and O–H groups in total. The van der Waals surface area contributed by atoms with E-state index < -0.39 is 15.8 Å². The highest BCUT2D eigenvalue weighted by molar-refractivity contribution is 7.89. The van der Waals surface area contributed by atoms with Crippen molar-refractivity contribution < 1.29 is 12.8 Å². The van der Waals surface area contributed by atoms with Crippen molar-refractivity contribution in [3.05, 3.63) is 60.2 Å². The zero-order valence-electron chi connectivity index (χ0n) is 13.2. The van der Waals surface area contributed by atoms with Crippen LogP contribution in [0.3, 0.4) is 0 Å². The molecule has 24 heavy (non-hydrogen) atoms. The monoisotopic (exact) mass is 349 g/mol. The van der Waals surface area contributed by atoms with Crippen LogP contribution in [0.5, 0.6) is 0 Å². The zero-order valence-corrected chi connectivity index (χ0v) is 14.0. The van der Waals surface area contributed by atoms with Crippen molar-refractivity contribution in [2.24, 2.45) is 0 Å². The molecule has 0 radical (unpaired) electrons. The summed E-state index contributed by atoms with van der Waals surface area (Å²) in [6, 6.07) is 8.80. The molecule has 0 bridgehead atoms. The summed E-state index contributed by atoms with van der Waals surface area (Å²) < 4.78 is 40.8. The van der Waals surface area contributed by atoms with Crippen LogP contribution in [-0.4, -0.2) is 37.4 Å². The molecule has 3 rings (SSSR count). The van der Waals surface area contributed by atoms with E-state index in [2.05, 4.69) is 14.6 Å². The smallest absolute Gasteiger partial charge is 0.240 e. The van der Waals surface area contributed by atoms with Crippen LogP contribution < -0.4 is 4.72 Å². The Kier molecular flexibility index (Phi) is 5.23. The lowest BCUT2D eigenvalue weighted by molar-refractivity contribution is 0.194. The van der Waals surface area contributed by atoms with Gasteiger partial charge in [0.25, 0.3) is 0 Å². The van der Waals surface area contributed by atoms with Crippen LogP contribution >= 0.6 is 0 Å². The number of rotatable bonds is 5. The van der Waals surface area contributed by atoms with Crippen LogP contribution in [0.25, 0.3) is 0 Å². The van der Waals surface area contributed by atoms with E-state index in [-0.39, 0.29) is 10.9 Å². The highest BCUT2D eigenvalue weighted by Crippen LogP contribution is 2.17. The highest BCUT2D eigenvalue weighted by Gasteiger charge is 2.25. The van der Waals surface area contributed by atoms with E-state index in [1.165, 1.54) is 18.2 Å². The number of nitrogens with zero attached hydrogens (tertiary/aromatic N) is 2. The van der Waals surface area contributed by atoms with Crippen LogP contribution in [0.2, 0.25) is 0 Å². The topological polar surface area (TPSA) is 62.3 Å². The molecule has 1 fully saturated rings. The lowest BCUT2D eigenvalue weighted by atomic mass is 10.1. The number of likely N-dealkylation sites (tertiary alicyclic amines) is 1. The first-order chi connectivity index (χ1) is 11.5. The number of hydrogen-bond acceptors (Lipinski definition) is 4. The molecule has 0 spiro atoms. The summed E-state index contributed by atoms with van der Waals surface area (Å²) in [6.45, 7) is 2.29. The molecule has 0 amide bonds. The van der Waals surface area contributed by atoms with Gasteiger partial charge in [-0.1, -0.05) is 12.1 Å². The quantitative estimate of drug-likeness (QED) is 0.899. The zero-order chi connectivity index (χ0) is 17.0. The minimum Gasteiger partial charge on any atom is -0.297 e. The van der Waals surface area contributed by atoms with Gasteiger partial charge in [0.05, 0.1) is 4.90 Å². The number of sulfonamides is 1. The number of halogens is 1. The first-order valence-corrected chi connectivity index (χ1v) is 9.40. The third-order valence-electron chi connectivity index (χ3n) is 4.06. The average molecular weight is 349 g/mol. The van der Waals surface area contributed by atoms with Crippen molar-refractivity contribution in [2.45, 2.75) is 30.3 Å². The molecule has 1 aromatic carbocycles. The Morgan fingerprint density at radius 3 is 2.92 bits per heavy atom. The summed E-state index contributed by atoms with van der Waals surface area (Å²) in [7, 11) is -3.71. The third-order valence-corrected chi connectivity index (χ3v) is 5.58. The SMILES string of the molecule is O=S(=O)(N[C@H]1CCCN(Cc2cccnc2)C1)c1cccc(F)c1. The Hall–Kier alpha value is -1.83. The van der Waals surface area contributed by atoms with Crippen molar-refractivity contribution in [1.82, 2.24) is 14.6 Å². The molecule has 7 heteroatoms. The van der Waals surface area contributed by atoms with Gasteiger partial charge in [-0.05, 0) is 49.2 Å². The molecule has 0 unspecified atom stereocenters. The Morgan fingerprint density at radius 2 is 2.17 bits per heavy atom. The summed E-state index contributed by atoms with van der Waals surface area (Å²) in [5.74, 6) is -0.556. The summed E-state index contributed by atoms with van der Waals surface area (Å²) in [6.07, 6.45) is 5.24. The van der Waals surface area contributed by atoms with E-state index in [1.54, 1.807) is 6.20 Å². The van der Waals surface area contributed by atoms with Crippen molar-refractivity contribution >= 4 is 10.0 Å². The van der Waals surface area contributed by atoms with Crippen molar-refractivity contribution in [3.63, 3.8) is 0 Å². The fraction of sp³-hybridized carbons (Fsp3) is 0.353. The van der Waals surface area contributed by atoms with Gasteiger partial charge < -0.3 is 0 Å². The maximum absolute atomic E-state index is 13.3. The van der Waals surface area contributed by atoms with Crippen molar-refractivity contribution in [3.8, 4) is 0 Å². The fourth-order valence-electron chi connectivity index (χ4n) is 2.97. The summed E-state index contributed by atoms with van der Waals surface area (Å²) in [5.41, 5.74) is 1.10. The molecule has 1 aromatic heterocycles. The van der Waals surface area contributed by atoms with Gasteiger partial charge in [0.1, 0.15) is 5.82 Å². The average Bonchev–Trinajstić information content (AvgIpc) is 2.56. The second-order valence-electron chi connectivity index (χ2n) is 6.01. The van der Waals surface area contributed by atoms with Gasteiger partial charge in [0.2, 0.25) is 10.0 Å². The van der Waals surface area contributed by atoms with Crippen LogP contribution in [0.15, 0.2) is 53.7 Å². The predicted molar refractivity (Wildman–Crippen MR) is 89.3 cm³/mol. The number of piperidine rings is 1. The van der Waals surface area contributed by atoms with E-state index in [4.69, 9.17) is 0 Å². The van der Waals surface area contributed by atoms with Gasteiger partial charge in [0, 0.05) is 31.5 Å². The van der Waals surface area contributed by atoms with Gasteiger partial charge in [-0.15, -0.1) is 0 Å². The Labute approximate surface area is 141 Å². The number of nitrogens with one attached hydrogen (secondary N) is 1. The minimum atomic E-state index is -3.71. The number of aromatic nitrogens is 1. The first kappa shape index (κ1) is 17.0. The minimum absolute atomic E-state index is 0.0353.